The fraction of sp³-hybridized carbons (Fsp3) is 0.500. The van der Waals surface area contributed by atoms with Gasteiger partial charge < -0.3 is 21.1 Å². The lowest BCUT2D eigenvalue weighted by molar-refractivity contribution is -0.125. The first-order chi connectivity index (χ1) is 12.0. The first-order valence-electron chi connectivity index (χ1n) is 8.54. The van der Waals surface area contributed by atoms with Crippen molar-refractivity contribution < 1.29 is 19.1 Å². The number of urea groups is 1. The summed E-state index contributed by atoms with van der Waals surface area (Å²) >= 11 is 0. The largest absolute Gasteiger partial charge is 0.452 e. The van der Waals surface area contributed by atoms with E-state index in [2.05, 4.69) is 17.6 Å². The molecule has 2 atom stereocenters. The van der Waals surface area contributed by atoms with Gasteiger partial charge in [0.2, 0.25) is 0 Å². The van der Waals surface area contributed by atoms with E-state index in [1.165, 1.54) is 6.42 Å². The number of nitrogens with one attached hydrogen (secondary N) is 2. The molecular formula is C18H25N3O4. The number of hydrogen-bond acceptors (Lipinski definition) is 4. The molecule has 0 bridgehead atoms. The molecule has 1 fully saturated rings. The number of primary amides is 1. The molecule has 7 nitrogen and oxygen atoms in total. The summed E-state index contributed by atoms with van der Waals surface area (Å²) < 4.78 is 5.06. The van der Waals surface area contributed by atoms with Crippen molar-refractivity contribution in [1.29, 1.82) is 0 Å². The minimum absolute atomic E-state index is 0.164. The van der Waals surface area contributed by atoms with Gasteiger partial charge in [0.15, 0.2) is 6.61 Å². The molecule has 1 saturated carbocycles. The molecule has 25 heavy (non-hydrogen) atoms. The number of esters is 1. The Kier molecular flexibility index (Phi) is 6.80. The molecule has 0 aliphatic heterocycles. The van der Waals surface area contributed by atoms with Crippen LogP contribution in [0.5, 0.6) is 0 Å². The van der Waals surface area contributed by atoms with Crippen molar-refractivity contribution in [1.82, 2.24) is 10.6 Å². The highest BCUT2D eigenvalue weighted by atomic mass is 16.5. The Labute approximate surface area is 147 Å². The quantitative estimate of drug-likeness (QED) is 0.680. The summed E-state index contributed by atoms with van der Waals surface area (Å²) in [5.41, 5.74) is 6.15. The minimum atomic E-state index is -0.609. The van der Waals surface area contributed by atoms with Gasteiger partial charge in [0.1, 0.15) is 0 Å². The number of hydrogen-bond donors (Lipinski definition) is 3. The molecule has 4 N–H and O–H groups in total. The van der Waals surface area contributed by atoms with Gasteiger partial charge in [0.05, 0.1) is 5.56 Å². The van der Waals surface area contributed by atoms with Gasteiger partial charge in [0.25, 0.3) is 5.91 Å². The first kappa shape index (κ1) is 18.8. The van der Waals surface area contributed by atoms with Crippen LogP contribution in [0.3, 0.4) is 0 Å². The van der Waals surface area contributed by atoms with Gasteiger partial charge in [-0.1, -0.05) is 31.9 Å². The highest BCUT2D eigenvalue weighted by Crippen LogP contribution is 2.23. The fourth-order valence-electron chi connectivity index (χ4n) is 2.94. The van der Waals surface area contributed by atoms with Gasteiger partial charge in [-0.05, 0) is 36.5 Å². The second kappa shape index (κ2) is 9.05. The molecular weight excluding hydrogens is 322 g/mol. The van der Waals surface area contributed by atoms with Crippen molar-refractivity contribution in [2.75, 3.05) is 6.61 Å². The summed E-state index contributed by atoms with van der Waals surface area (Å²) in [6, 6.07) is 6.11. The average molecular weight is 347 g/mol. The molecule has 1 aromatic carbocycles. The highest BCUT2D eigenvalue weighted by molar-refractivity contribution is 5.91. The zero-order chi connectivity index (χ0) is 18.2. The maximum absolute atomic E-state index is 12.0. The van der Waals surface area contributed by atoms with Crippen molar-refractivity contribution in [3.05, 3.63) is 35.4 Å². The molecule has 136 valence electrons. The number of ether oxygens (including phenoxy) is 1. The fourth-order valence-corrected chi connectivity index (χ4v) is 2.94. The van der Waals surface area contributed by atoms with Crippen molar-refractivity contribution in [2.24, 2.45) is 11.7 Å². The predicted octanol–water partition coefficient (Wildman–Crippen LogP) is 1.71. The summed E-state index contributed by atoms with van der Waals surface area (Å²) in [6.07, 6.45) is 4.41. The lowest BCUT2D eigenvalue weighted by Crippen LogP contribution is -2.42. The third-order valence-electron chi connectivity index (χ3n) is 4.45. The normalized spacial score (nSPS) is 19.7. The zero-order valence-electron chi connectivity index (χ0n) is 14.4. The Hall–Kier alpha value is -2.57. The van der Waals surface area contributed by atoms with E-state index in [1.54, 1.807) is 24.3 Å². The SMILES string of the molecule is CC1CCCCC1NC(=O)COC(=O)c1ccc(CNC(N)=O)cc1. The molecule has 0 spiro atoms. The summed E-state index contributed by atoms with van der Waals surface area (Å²) in [5, 5.41) is 5.41. The van der Waals surface area contributed by atoms with E-state index in [4.69, 9.17) is 10.5 Å². The predicted molar refractivity (Wildman–Crippen MR) is 92.7 cm³/mol. The monoisotopic (exact) mass is 347 g/mol. The van der Waals surface area contributed by atoms with Gasteiger partial charge in [-0.2, -0.15) is 0 Å². The molecule has 7 heteroatoms. The van der Waals surface area contributed by atoms with Crippen LogP contribution >= 0.6 is 0 Å². The van der Waals surface area contributed by atoms with E-state index in [0.29, 0.717) is 11.5 Å². The van der Waals surface area contributed by atoms with Crippen molar-refractivity contribution in [3.8, 4) is 0 Å². The third kappa shape index (κ3) is 6.10. The summed E-state index contributed by atoms with van der Waals surface area (Å²) in [5.74, 6) is -0.370. The number of nitrogens with two attached hydrogens (primary N) is 1. The van der Waals surface area contributed by atoms with E-state index in [0.717, 1.165) is 24.8 Å². The maximum Gasteiger partial charge on any atom is 0.338 e. The zero-order valence-corrected chi connectivity index (χ0v) is 14.4. The van der Waals surface area contributed by atoms with Crippen LogP contribution in [0.4, 0.5) is 4.79 Å². The van der Waals surface area contributed by atoms with Crippen LogP contribution in [0.1, 0.15) is 48.5 Å². The molecule has 2 rings (SSSR count). The standard InChI is InChI=1S/C18H25N3O4/c1-12-4-2-3-5-15(12)21-16(22)11-25-17(23)14-8-6-13(7-9-14)10-20-18(19)24/h6-9,12,15H,2-5,10-11H2,1H3,(H,21,22)(H3,19,20,24). The maximum atomic E-state index is 12.0. The van der Waals surface area contributed by atoms with Gasteiger partial charge in [0, 0.05) is 12.6 Å². The lowest BCUT2D eigenvalue weighted by atomic mass is 9.86. The van der Waals surface area contributed by atoms with Crippen LogP contribution in [-0.2, 0) is 16.1 Å². The number of rotatable bonds is 6. The van der Waals surface area contributed by atoms with E-state index < -0.39 is 12.0 Å². The number of carbonyl (C=O) groups excluding carboxylic acids is 3. The van der Waals surface area contributed by atoms with E-state index in [-0.39, 0.29) is 25.1 Å². The molecule has 3 amide bonds. The van der Waals surface area contributed by atoms with E-state index in [1.807, 2.05) is 0 Å². The number of benzene rings is 1. The third-order valence-corrected chi connectivity index (χ3v) is 4.45. The Bertz CT molecular complexity index is 615. The minimum Gasteiger partial charge on any atom is -0.452 e. The Balaban J connectivity index is 1.77. The molecule has 1 aromatic rings. The van der Waals surface area contributed by atoms with Crippen LogP contribution in [0.2, 0.25) is 0 Å². The topological polar surface area (TPSA) is 111 Å². The van der Waals surface area contributed by atoms with Gasteiger partial charge in [-0.15, -0.1) is 0 Å². The second-order valence-corrected chi connectivity index (χ2v) is 6.43. The average Bonchev–Trinajstić information content (AvgIpc) is 2.60. The summed E-state index contributed by atoms with van der Waals surface area (Å²) in [4.78, 5) is 34.6. The number of amides is 3. The molecule has 0 heterocycles. The first-order valence-corrected chi connectivity index (χ1v) is 8.54. The Morgan fingerprint density at radius 1 is 1.16 bits per heavy atom. The number of carbonyl (C=O) groups is 3. The van der Waals surface area contributed by atoms with Crippen LogP contribution in [0, 0.1) is 5.92 Å². The highest BCUT2D eigenvalue weighted by Gasteiger charge is 2.23. The van der Waals surface area contributed by atoms with Gasteiger partial charge in [-0.25, -0.2) is 9.59 Å². The van der Waals surface area contributed by atoms with Crippen LogP contribution in [0.25, 0.3) is 0 Å². The second-order valence-electron chi connectivity index (χ2n) is 6.43. The van der Waals surface area contributed by atoms with Crippen molar-refractivity contribution >= 4 is 17.9 Å². The summed E-state index contributed by atoms with van der Waals surface area (Å²) in [6.45, 7) is 2.13. The smallest absolute Gasteiger partial charge is 0.338 e. The Morgan fingerprint density at radius 2 is 1.84 bits per heavy atom. The van der Waals surface area contributed by atoms with Gasteiger partial charge in [-0.3, -0.25) is 4.79 Å². The van der Waals surface area contributed by atoms with E-state index in [9.17, 15) is 14.4 Å². The molecule has 0 radical (unpaired) electrons. The molecule has 0 aromatic heterocycles. The van der Waals surface area contributed by atoms with Gasteiger partial charge >= 0.3 is 12.0 Å². The van der Waals surface area contributed by atoms with Crippen LogP contribution in [-0.4, -0.2) is 30.6 Å². The Morgan fingerprint density at radius 3 is 2.48 bits per heavy atom. The lowest BCUT2D eigenvalue weighted by Gasteiger charge is -2.29. The summed E-state index contributed by atoms with van der Waals surface area (Å²) in [7, 11) is 0. The van der Waals surface area contributed by atoms with Crippen molar-refractivity contribution in [3.63, 3.8) is 0 Å². The van der Waals surface area contributed by atoms with E-state index >= 15 is 0 Å². The molecule has 0 saturated heterocycles. The molecule has 1 aliphatic carbocycles. The van der Waals surface area contributed by atoms with Crippen LogP contribution < -0.4 is 16.4 Å². The molecule has 2 unspecified atom stereocenters. The molecule has 1 aliphatic rings. The van der Waals surface area contributed by atoms with Crippen molar-refractivity contribution in [2.45, 2.75) is 45.2 Å². The van der Waals surface area contributed by atoms with Crippen LogP contribution in [0.15, 0.2) is 24.3 Å².